The van der Waals surface area contributed by atoms with Gasteiger partial charge in [0.25, 0.3) is 0 Å². The van der Waals surface area contributed by atoms with Gasteiger partial charge < -0.3 is 15.0 Å². The van der Waals surface area contributed by atoms with Crippen LogP contribution in [0.2, 0.25) is 0 Å². The summed E-state index contributed by atoms with van der Waals surface area (Å²) in [6, 6.07) is 0. The van der Waals surface area contributed by atoms with Gasteiger partial charge in [0, 0.05) is 6.42 Å². The van der Waals surface area contributed by atoms with Crippen LogP contribution in [-0.2, 0) is 13.0 Å². The number of aliphatic hydroxyl groups is 1. The molecule has 0 bridgehead atoms. The highest BCUT2D eigenvalue weighted by molar-refractivity contribution is 4.96. The van der Waals surface area contributed by atoms with E-state index in [-0.39, 0.29) is 6.10 Å². The van der Waals surface area contributed by atoms with Crippen LogP contribution in [0.5, 0.6) is 0 Å². The van der Waals surface area contributed by atoms with Crippen LogP contribution < -0.4 is 5.32 Å². The van der Waals surface area contributed by atoms with E-state index in [1.165, 1.54) is 12.8 Å². The van der Waals surface area contributed by atoms with Gasteiger partial charge in [0.05, 0.1) is 12.6 Å². The van der Waals surface area contributed by atoms with Crippen LogP contribution in [0.3, 0.4) is 0 Å². The number of hydrogen-bond acceptors (Lipinski definition) is 4. The maximum Gasteiger partial charge on any atom is 0.133 e. The molecule has 0 saturated carbocycles. The Labute approximate surface area is 102 Å². The standard InChI is InChI=1S/C12H22N4O/c1-9(17)8-16-10(2)14-15-12(16)7-11-3-5-13-6-4-11/h9,11,13,17H,3-8H2,1-2H3. The molecular formula is C12H22N4O. The number of nitrogens with zero attached hydrogens (tertiary/aromatic N) is 3. The van der Waals surface area contributed by atoms with Crippen molar-refractivity contribution in [2.24, 2.45) is 5.92 Å². The van der Waals surface area contributed by atoms with Gasteiger partial charge in [-0.25, -0.2) is 0 Å². The van der Waals surface area contributed by atoms with Crippen molar-refractivity contribution in [2.75, 3.05) is 13.1 Å². The van der Waals surface area contributed by atoms with Crippen LogP contribution in [-0.4, -0.2) is 39.1 Å². The molecule has 0 amide bonds. The molecule has 1 saturated heterocycles. The van der Waals surface area contributed by atoms with Crippen molar-refractivity contribution < 1.29 is 5.11 Å². The van der Waals surface area contributed by atoms with Gasteiger partial charge in [0.2, 0.25) is 0 Å². The zero-order chi connectivity index (χ0) is 12.3. The Morgan fingerprint density at radius 3 is 2.76 bits per heavy atom. The third-order valence-electron chi connectivity index (χ3n) is 3.39. The summed E-state index contributed by atoms with van der Waals surface area (Å²) >= 11 is 0. The van der Waals surface area contributed by atoms with Crippen LogP contribution in [0.25, 0.3) is 0 Å². The van der Waals surface area contributed by atoms with E-state index in [0.29, 0.717) is 12.5 Å². The molecule has 0 aliphatic carbocycles. The molecule has 1 aromatic rings. The topological polar surface area (TPSA) is 63.0 Å². The largest absolute Gasteiger partial charge is 0.392 e. The highest BCUT2D eigenvalue weighted by Crippen LogP contribution is 2.17. The van der Waals surface area contributed by atoms with E-state index in [1.807, 2.05) is 11.5 Å². The average Bonchev–Trinajstić information content (AvgIpc) is 2.62. The molecule has 1 unspecified atom stereocenters. The van der Waals surface area contributed by atoms with Crippen molar-refractivity contribution in [3.63, 3.8) is 0 Å². The average molecular weight is 238 g/mol. The minimum absolute atomic E-state index is 0.350. The van der Waals surface area contributed by atoms with Crippen molar-refractivity contribution in [2.45, 2.75) is 45.8 Å². The number of aromatic nitrogens is 3. The molecule has 1 aliphatic heterocycles. The van der Waals surface area contributed by atoms with E-state index in [4.69, 9.17) is 0 Å². The molecule has 17 heavy (non-hydrogen) atoms. The molecule has 2 N–H and O–H groups in total. The predicted octanol–water partition coefficient (Wildman–Crippen LogP) is 0.509. The molecule has 0 spiro atoms. The first-order valence-corrected chi connectivity index (χ1v) is 6.44. The van der Waals surface area contributed by atoms with Crippen LogP contribution >= 0.6 is 0 Å². The fourth-order valence-electron chi connectivity index (χ4n) is 2.42. The minimum atomic E-state index is -0.350. The lowest BCUT2D eigenvalue weighted by Crippen LogP contribution is -2.29. The Balaban J connectivity index is 2.04. The molecule has 1 aliphatic rings. The van der Waals surface area contributed by atoms with E-state index >= 15 is 0 Å². The lowest BCUT2D eigenvalue weighted by atomic mass is 9.94. The molecule has 2 heterocycles. The molecule has 0 aromatic carbocycles. The molecule has 1 fully saturated rings. The summed E-state index contributed by atoms with van der Waals surface area (Å²) < 4.78 is 2.05. The summed E-state index contributed by atoms with van der Waals surface area (Å²) in [6.45, 7) is 6.55. The number of hydrogen-bond donors (Lipinski definition) is 2. The highest BCUT2D eigenvalue weighted by atomic mass is 16.3. The van der Waals surface area contributed by atoms with Crippen molar-refractivity contribution in [3.8, 4) is 0 Å². The number of aryl methyl sites for hydroxylation is 1. The van der Waals surface area contributed by atoms with Gasteiger partial charge in [-0.15, -0.1) is 10.2 Å². The van der Waals surface area contributed by atoms with E-state index in [2.05, 4.69) is 15.5 Å². The van der Waals surface area contributed by atoms with Crippen molar-refractivity contribution >= 4 is 0 Å². The van der Waals surface area contributed by atoms with Crippen molar-refractivity contribution in [3.05, 3.63) is 11.6 Å². The number of nitrogens with one attached hydrogen (secondary N) is 1. The van der Waals surface area contributed by atoms with Gasteiger partial charge in [-0.3, -0.25) is 0 Å². The number of rotatable bonds is 4. The molecule has 0 radical (unpaired) electrons. The van der Waals surface area contributed by atoms with Gasteiger partial charge in [0.15, 0.2) is 0 Å². The smallest absolute Gasteiger partial charge is 0.133 e. The lowest BCUT2D eigenvalue weighted by molar-refractivity contribution is 0.170. The summed E-state index contributed by atoms with van der Waals surface area (Å²) in [5.41, 5.74) is 0. The van der Waals surface area contributed by atoms with Gasteiger partial charge in [-0.1, -0.05) is 0 Å². The normalized spacial score (nSPS) is 19.5. The number of piperidine rings is 1. The summed E-state index contributed by atoms with van der Waals surface area (Å²) in [5, 5.41) is 21.2. The Bertz CT molecular complexity index is 355. The molecule has 5 nitrogen and oxygen atoms in total. The van der Waals surface area contributed by atoms with Crippen LogP contribution in [0, 0.1) is 12.8 Å². The zero-order valence-electron chi connectivity index (χ0n) is 10.7. The van der Waals surface area contributed by atoms with Crippen molar-refractivity contribution in [1.29, 1.82) is 0 Å². The van der Waals surface area contributed by atoms with Gasteiger partial charge in [-0.05, 0) is 45.7 Å². The highest BCUT2D eigenvalue weighted by Gasteiger charge is 2.18. The molecule has 96 valence electrons. The van der Waals surface area contributed by atoms with Crippen LogP contribution in [0.4, 0.5) is 0 Å². The fourth-order valence-corrected chi connectivity index (χ4v) is 2.42. The van der Waals surface area contributed by atoms with Gasteiger partial charge >= 0.3 is 0 Å². The SMILES string of the molecule is Cc1nnc(CC2CCNCC2)n1CC(C)O. The van der Waals surface area contributed by atoms with Gasteiger partial charge in [-0.2, -0.15) is 0 Å². The Kier molecular flexibility index (Phi) is 4.12. The Morgan fingerprint density at radius 2 is 2.12 bits per heavy atom. The van der Waals surface area contributed by atoms with E-state index in [9.17, 15) is 5.11 Å². The summed E-state index contributed by atoms with van der Waals surface area (Å²) in [6.07, 6.45) is 3.05. The maximum atomic E-state index is 9.49. The molecule has 2 rings (SSSR count). The second-order valence-corrected chi connectivity index (χ2v) is 5.02. The quantitative estimate of drug-likeness (QED) is 0.802. The van der Waals surface area contributed by atoms with E-state index in [1.54, 1.807) is 6.92 Å². The molecule has 1 aromatic heterocycles. The maximum absolute atomic E-state index is 9.49. The second-order valence-electron chi connectivity index (χ2n) is 5.02. The number of aliphatic hydroxyl groups excluding tert-OH is 1. The first-order chi connectivity index (χ1) is 8.16. The summed E-state index contributed by atoms with van der Waals surface area (Å²) in [5.74, 6) is 2.62. The van der Waals surface area contributed by atoms with Crippen LogP contribution in [0.1, 0.15) is 31.4 Å². The summed E-state index contributed by atoms with van der Waals surface area (Å²) in [4.78, 5) is 0. The Morgan fingerprint density at radius 1 is 1.41 bits per heavy atom. The third kappa shape index (κ3) is 3.26. The molecular weight excluding hydrogens is 216 g/mol. The Hall–Kier alpha value is -0.940. The van der Waals surface area contributed by atoms with Gasteiger partial charge in [0.1, 0.15) is 11.6 Å². The van der Waals surface area contributed by atoms with E-state index < -0.39 is 0 Å². The zero-order valence-corrected chi connectivity index (χ0v) is 10.7. The van der Waals surface area contributed by atoms with Crippen molar-refractivity contribution in [1.82, 2.24) is 20.1 Å². The first kappa shape index (κ1) is 12.5. The minimum Gasteiger partial charge on any atom is -0.392 e. The second kappa shape index (κ2) is 5.60. The monoisotopic (exact) mass is 238 g/mol. The fraction of sp³-hybridized carbons (Fsp3) is 0.833. The van der Waals surface area contributed by atoms with Crippen LogP contribution in [0.15, 0.2) is 0 Å². The molecule has 1 atom stereocenters. The summed E-state index contributed by atoms with van der Waals surface area (Å²) in [7, 11) is 0. The third-order valence-corrected chi connectivity index (χ3v) is 3.39. The first-order valence-electron chi connectivity index (χ1n) is 6.44. The lowest BCUT2D eigenvalue weighted by Gasteiger charge is -2.22. The van der Waals surface area contributed by atoms with E-state index in [0.717, 1.165) is 31.2 Å². The molecule has 5 heteroatoms. The predicted molar refractivity (Wildman–Crippen MR) is 65.7 cm³/mol.